The Balaban J connectivity index is 1.18. The van der Waals surface area contributed by atoms with Gasteiger partial charge in [-0.2, -0.15) is 0 Å². The number of hydrogen-bond donors (Lipinski definition) is 2. The van der Waals surface area contributed by atoms with Gasteiger partial charge in [-0.1, -0.05) is 67.1 Å². The zero-order valence-corrected chi connectivity index (χ0v) is 25.4. The summed E-state index contributed by atoms with van der Waals surface area (Å²) in [4.78, 5) is 44.4. The lowest BCUT2D eigenvalue weighted by Gasteiger charge is -2.36. The normalized spacial score (nSPS) is 22.1. The molecule has 0 spiro atoms. The monoisotopic (exact) mass is 613 g/mol. The van der Waals surface area contributed by atoms with Crippen molar-refractivity contribution < 1.29 is 24.6 Å². The van der Waals surface area contributed by atoms with E-state index < -0.39 is 17.4 Å². The minimum Gasteiger partial charge on any atom is -0.394 e. The van der Waals surface area contributed by atoms with Gasteiger partial charge < -0.3 is 24.9 Å². The Kier molecular flexibility index (Phi) is 8.33. The van der Waals surface area contributed by atoms with E-state index in [-0.39, 0.29) is 37.4 Å². The number of fused-ring (bicyclic) bond motifs is 2. The van der Waals surface area contributed by atoms with Crippen LogP contribution in [0.15, 0.2) is 78.9 Å². The van der Waals surface area contributed by atoms with Crippen molar-refractivity contribution >= 4 is 40.7 Å². The Morgan fingerprint density at radius 2 is 1.84 bits per heavy atom. The summed E-state index contributed by atoms with van der Waals surface area (Å²) in [6, 6.07) is 20.3. The maximum absolute atomic E-state index is 13.9. The summed E-state index contributed by atoms with van der Waals surface area (Å²) < 4.78 is 0. The van der Waals surface area contributed by atoms with Crippen LogP contribution in [0.5, 0.6) is 0 Å². The number of nitrogens with zero attached hydrogens (tertiary/aromatic N) is 3. The minimum atomic E-state index is -1.88. The van der Waals surface area contributed by atoms with Crippen LogP contribution in [0.2, 0.25) is 5.02 Å². The molecule has 0 saturated carbocycles. The summed E-state index contributed by atoms with van der Waals surface area (Å²) in [5.74, 6) is -1.15. The first-order chi connectivity index (χ1) is 21.2. The van der Waals surface area contributed by atoms with Gasteiger partial charge in [-0.25, -0.2) is 0 Å². The van der Waals surface area contributed by atoms with E-state index in [0.29, 0.717) is 42.2 Å². The van der Waals surface area contributed by atoms with E-state index in [1.54, 1.807) is 52.0 Å². The molecule has 3 heterocycles. The van der Waals surface area contributed by atoms with Gasteiger partial charge in [-0.05, 0) is 59.9 Å². The van der Waals surface area contributed by atoms with Gasteiger partial charge in [0.25, 0.3) is 5.91 Å². The summed E-state index contributed by atoms with van der Waals surface area (Å²) in [6.07, 6.45) is 5.47. The first-order valence-electron chi connectivity index (χ1n) is 15.1. The zero-order valence-electron chi connectivity index (χ0n) is 24.7. The highest BCUT2D eigenvalue weighted by Crippen LogP contribution is 2.46. The molecule has 0 aliphatic carbocycles. The molecule has 3 aromatic carbocycles. The summed E-state index contributed by atoms with van der Waals surface area (Å²) in [7, 11) is 0. The largest absolute Gasteiger partial charge is 0.394 e. The van der Waals surface area contributed by atoms with Crippen molar-refractivity contribution in [1.82, 2.24) is 4.90 Å². The molecule has 8 nitrogen and oxygen atoms in total. The van der Waals surface area contributed by atoms with Crippen LogP contribution in [0.4, 0.5) is 11.4 Å². The number of hydrogen-bond acceptors (Lipinski definition) is 5. The van der Waals surface area contributed by atoms with E-state index in [9.17, 15) is 24.6 Å². The minimum absolute atomic E-state index is 0.0747. The Morgan fingerprint density at radius 1 is 1.09 bits per heavy atom. The number of rotatable bonds is 8. The Labute approximate surface area is 262 Å². The predicted octanol–water partition coefficient (Wildman–Crippen LogP) is 4.73. The van der Waals surface area contributed by atoms with Crippen LogP contribution in [-0.2, 0) is 39.5 Å². The maximum Gasteiger partial charge on any atom is 0.264 e. The average Bonchev–Trinajstić information content (AvgIpc) is 3.55. The van der Waals surface area contributed by atoms with Crippen molar-refractivity contribution in [2.24, 2.45) is 5.92 Å². The van der Waals surface area contributed by atoms with E-state index >= 15 is 0 Å². The molecule has 6 rings (SSSR count). The third-order valence-corrected chi connectivity index (χ3v) is 9.39. The molecule has 1 saturated heterocycles. The second-order valence-corrected chi connectivity index (χ2v) is 12.3. The molecule has 2 N–H and O–H groups in total. The highest BCUT2D eigenvalue weighted by atomic mass is 35.5. The molecule has 44 heavy (non-hydrogen) atoms. The van der Waals surface area contributed by atoms with Crippen LogP contribution < -0.4 is 9.80 Å². The maximum atomic E-state index is 13.9. The van der Waals surface area contributed by atoms with Crippen LogP contribution in [0.3, 0.4) is 0 Å². The summed E-state index contributed by atoms with van der Waals surface area (Å²) in [6.45, 7) is 3.00. The molecule has 3 atom stereocenters. The smallest absolute Gasteiger partial charge is 0.264 e. The van der Waals surface area contributed by atoms with Gasteiger partial charge in [0, 0.05) is 48.1 Å². The molecule has 3 aliphatic heterocycles. The SMILES string of the molecule is C[C@@H](/C=C/CC(=O)N1Cc2ccccc2C[C@H]1CO)[C@]1(O)C(=O)N(Cc2ccc(N3CCCC3=O)cc2)c2ccc(Cl)cc21. The molecule has 228 valence electrons. The molecule has 1 fully saturated rings. The van der Waals surface area contributed by atoms with Crippen LogP contribution >= 0.6 is 11.6 Å². The van der Waals surface area contributed by atoms with Gasteiger partial charge in [0.05, 0.1) is 24.9 Å². The van der Waals surface area contributed by atoms with Crippen LogP contribution in [0.1, 0.15) is 48.4 Å². The average molecular weight is 614 g/mol. The Hall–Kier alpha value is -3.98. The zero-order chi connectivity index (χ0) is 31.0. The van der Waals surface area contributed by atoms with Crippen LogP contribution in [-0.4, -0.2) is 52.0 Å². The number of carbonyl (C=O) groups excluding carboxylic acids is 3. The molecule has 0 radical (unpaired) electrons. The summed E-state index contributed by atoms with van der Waals surface area (Å²) in [5.41, 5.74) is 3.02. The molecule has 0 unspecified atom stereocenters. The Morgan fingerprint density at radius 3 is 2.55 bits per heavy atom. The number of halogens is 1. The van der Waals surface area contributed by atoms with Crippen molar-refractivity contribution in [3.05, 3.63) is 106 Å². The quantitative estimate of drug-likeness (QED) is 0.358. The van der Waals surface area contributed by atoms with E-state index in [0.717, 1.165) is 28.8 Å². The molecular weight excluding hydrogens is 578 g/mol. The van der Waals surface area contributed by atoms with E-state index in [2.05, 4.69) is 0 Å². The second kappa shape index (κ2) is 12.2. The number of anilines is 2. The number of amides is 3. The van der Waals surface area contributed by atoms with Crippen molar-refractivity contribution in [2.75, 3.05) is 23.0 Å². The van der Waals surface area contributed by atoms with E-state index in [1.807, 2.05) is 48.5 Å². The van der Waals surface area contributed by atoms with Crippen LogP contribution in [0.25, 0.3) is 0 Å². The third kappa shape index (κ3) is 5.42. The number of carbonyl (C=O) groups is 3. The van der Waals surface area contributed by atoms with Gasteiger partial charge in [-0.3, -0.25) is 14.4 Å². The van der Waals surface area contributed by atoms with Crippen molar-refractivity contribution in [1.29, 1.82) is 0 Å². The summed E-state index contributed by atoms with van der Waals surface area (Å²) >= 11 is 6.34. The van der Waals surface area contributed by atoms with Gasteiger partial charge in [0.15, 0.2) is 5.60 Å². The number of benzene rings is 3. The molecule has 9 heteroatoms. The molecular formula is C35H36ClN3O5. The van der Waals surface area contributed by atoms with Crippen molar-refractivity contribution in [2.45, 2.75) is 57.3 Å². The molecule has 0 aromatic heterocycles. The van der Waals surface area contributed by atoms with Gasteiger partial charge >= 0.3 is 0 Å². The second-order valence-electron chi connectivity index (χ2n) is 11.9. The molecule has 3 aliphatic rings. The van der Waals surface area contributed by atoms with Gasteiger partial charge in [0.2, 0.25) is 11.8 Å². The lowest BCUT2D eigenvalue weighted by Crippen LogP contribution is -2.46. The van der Waals surface area contributed by atoms with Crippen molar-refractivity contribution in [3.8, 4) is 0 Å². The molecule has 3 aromatic rings. The van der Waals surface area contributed by atoms with Crippen molar-refractivity contribution in [3.63, 3.8) is 0 Å². The molecule has 3 amide bonds. The lowest BCUT2D eigenvalue weighted by atomic mass is 9.83. The summed E-state index contributed by atoms with van der Waals surface area (Å²) in [5, 5.41) is 22.4. The van der Waals surface area contributed by atoms with Gasteiger partial charge in [0.1, 0.15) is 0 Å². The predicted molar refractivity (Wildman–Crippen MR) is 169 cm³/mol. The van der Waals surface area contributed by atoms with E-state index in [4.69, 9.17) is 11.6 Å². The first-order valence-corrected chi connectivity index (χ1v) is 15.5. The van der Waals surface area contributed by atoms with Crippen LogP contribution in [0, 0.1) is 5.92 Å². The standard InChI is InChI=1S/C35H36ClN3O5/c1-23(6-4-9-33(42)38-21-26-8-3-2-7-25(26)18-29(38)22-40)35(44)30-19-27(36)13-16-31(30)39(34(35)43)20-24-11-14-28(15-12-24)37-17-5-10-32(37)41/h2-4,6-8,11-16,19,23,29,40,44H,5,9-10,17-18,20-22H2,1H3/b6-4+/t23-,29-,35+/m0/s1. The fourth-order valence-electron chi connectivity index (χ4n) is 6.63. The number of aliphatic hydroxyl groups excluding tert-OH is 1. The highest BCUT2D eigenvalue weighted by molar-refractivity contribution is 6.31. The fraction of sp³-hybridized carbons (Fsp3) is 0.343. The first kappa shape index (κ1) is 30.1. The Bertz CT molecular complexity index is 1620. The van der Waals surface area contributed by atoms with Gasteiger partial charge in [-0.15, -0.1) is 0 Å². The third-order valence-electron chi connectivity index (χ3n) is 9.16. The highest BCUT2D eigenvalue weighted by Gasteiger charge is 2.52. The topological polar surface area (TPSA) is 101 Å². The number of aliphatic hydroxyl groups is 2. The fourth-order valence-corrected chi connectivity index (χ4v) is 6.81. The lowest BCUT2D eigenvalue weighted by molar-refractivity contribution is -0.139. The molecule has 0 bridgehead atoms. The van der Waals surface area contributed by atoms with E-state index in [1.165, 1.54) is 0 Å².